The number of rotatable bonds is 3. The second-order valence-electron chi connectivity index (χ2n) is 6.06. The van der Waals surface area contributed by atoms with Gasteiger partial charge in [-0.3, -0.25) is 0 Å². The summed E-state index contributed by atoms with van der Waals surface area (Å²) < 4.78 is 1.21. The monoisotopic (exact) mass is 343 g/mol. The van der Waals surface area contributed by atoms with E-state index in [0.29, 0.717) is 11.8 Å². The van der Waals surface area contributed by atoms with E-state index >= 15 is 0 Å². The molecule has 0 amide bonds. The van der Waals surface area contributed by atoms with Gasteiger partial charge in [-0.15, -0.1) is 0 Å². The zero-order valence-electron chi connectivity index (χ0n) is 12.5. The molecule has 0 aliphatic carbocycles. The van der Waals surface area contributed by atoms with Crippen LogP contribution in [0.4, 0.5) is 0 Å². The molecule has 2 aromatic rings. The van der Waals surface area contributed by atoms with Crippen LogP contribution in [-0.4, -0.2) is 13.1 Å². The third-order valence-electron chi connectivity index (χ3n) is 4.56. The molecule has 0 bridgehead atoms. The van der Waals surface area contributed by atoms with Crippen LogP contribution in [-0.2, 0) is 6.42 Å². The van der Waals surface area contributed by atoms with E-state index in [-0.39, 0.29) is 0 Å². The van der Waals surface area contributed by atoms with Crippen LogP contribution in [0, 0.1) is 12.8 Å². The van der Waals surface area contributed by atoms with E-state index in [1.807, 2.05) is 0 Å². The average Bonchev–Trinajstić information content (AvgIpc) is 2.52. The molecule has 1 nitrogen and oxygen atoms in total. The lowest BCUT2D eigenvalue weighted by Gasteiger charge is -2.33. The van der Waals surface area contributed by atoms with Crippen molar-refractivity contribution in [3.63, 3.8) is 0 Å². The second kappa shape index (κ2) is 6.76. The molecule has 1 aliphatic rings. The quantitative estimate of drug-likeness (QED) is 0.852. The third kappa shape index (κ3) is 3.56. The molecule has 1 N–H and O–H groups in total. The fraction of sp³-hybridized carbons (Fsp3) is 0.368. The number of nitrogens with one attached hydrogen (secondary N) is 1. The minimum atomic E-state index is 0.665. The Balaban J connectivity index is 1.82. The summed E-state index contributed by atoms with van der Waals surface area (Å²) in [4.78, 5) is 0. The van der Waals surface area contributed by atoms with Crippen molar-refractivity contribution in [3.8, 4) is 0 Å². The third-order valence-corrected chi connectivity index (χ3v) is 5.45. The topological polar surface area (TPSA) is 12.0 Å². The molecule has 0 radical (unpaired) electrons. The molecule has 2 atom stereocenters. The number of benzene rings is 2. The van der Waals surface area contributed by atoms with Crippen molar-refractivity contribution in [2.45, 2.75) is 25.7 Å². The van der Waals surface area contributed by atoms with Crippen LogP contribution < -0.4 is 5.32 Å². The van der Waals surface area contributed by atoms with Crippen molar-refractivity contribution in [1.29, 1.82) is 0 Å². The summed E-state index contributed by atoms with van der Waals surface area (Å²) in [7, 11) is 0. The van der Waals surface area contributed by atoms with Crippen LogP contribution in [0.3, 0.4) is 0 Å². The number of hydrogen-bond donors (Lipinski definition) is 1. The molecule has 21 heavy (non-hydrogen) atoms. The first-order chi connectivity index (χ1) is 10.2. The van der Waals surface area contributed by atoms with Gasteiger partial charge in [0.1, 0.15) is 0 Å². The average molecular weight is 344 g/mol. The Kier molecular flexibility index (Phi) is 4.77. The van der Waals surface area contributed by atoms with Gasteiger partial charge in [0.15, 0.2) is 0 Å². The lowest BCUT2D eigenvalue weighted by Crippen LogP contribution is -2.36. The van der Waals surface area contributed by atoms with E-state index in [9.17, 15) is 0 Å². The first kappa shape index (κ1) is 14.8. The summed E-state index contributed by atoms with van der Waals surface area (Å²) in [5.41, 5.74) is 4.28. The molecule has 0 aromatic heterocycles. The molecular weight excluding hydrogens is 322 g/mol. The van der Waals surface area contributed by atoms with Crippen LogP contribution >= 0.6 is 15.9 Å². The minimum absolute atomic E-state index is 0.665. The van der Waals surface area contributed by atoms with E-state index < -0.39 is 0 Å². The Labute approximate surface area is 135 Å². The van der Waals surface area contributed by atoms with Crippen LogP contribution in [0.5, 0.6) is 0 Å². The van der Waals surface area contributed by atoms with Gasteiger partial charge in [-0.1, -0.05) is 58.4 Å². The van der Waals surface area contributed by atoms with Crippen molar-refractivity contribution < 1.29 is 0 Å². The zero-order chi connectivity index (χ0) is 14.7. The molecule has 0 saturated carbocycles. The predicted molar refractivity (Wildman–Crippen MR) is 92.7 cm³/mol. The molecule has 2 unspecified atom stereocenters. The maximum atomic E-state index is 3.61. The van der Waals surface area contributed by atoms with E-state index in [1.165, 1.54) is 27.6 Å². The number of halogens is 1. The molecule has 2 aromatic carbocycles. The molecule has 1 saturated heterocycles. The Hall–Kier alpha value is -1.12. The standard InChI is InChI=1S/C19H22BrN/c1-14-11-16(7-8-19(14)20)18-9-10-21-13-17(18)12-15-5-3-2-4-6-15/h2-8,11,17-18,21H,9-10,12-13H2,1H3. The molecule has 1 aliphatic heterocycles. The molecule has 1 fully saturated rings. The lowest BCUT2D eigenvalue weighted by molar-refractivity contribution is 0.324. The molecule has 3 rings (SSSR count). The van der Waals surface area contributed by atoms with Crippen molar-refractivity contribution in [3.05, 3.63) is 69.7 Å². The summed E-state index contributed by atoms with van der Waals surface area (Å²) in [5, 5.41) is 3.57. The highest BCUT2D eigenvalue weighted by molar-refractivity contribution is 9.10. The fourth-order valence-corrected chi connectivity index (χ4v) is 3.64. The Morgan fingerprint density at radius 2 is 1.95 bits per heavy atom. The first-order valence-corrected chi connectivity index (χ1v) is 8.54. The summed E-state index contributed by atoms with van der Waals surface area (Å²) in [5.74, 6) is 1.35. The van der Waals surface area contributed by atoms with Crippen molar-refractivity contribution >= 4 is 15.9 Å². The number of aryl methyl sites for hydroxylation is 1. The largest absolute Gasteiger partial charge is 0.316 e. The molecule has 1 heterocycles. The van der Waals surface area contributed by atoms with Gasteiger partial charge < -0.3 is 5.32 Å². The summed E-state index contributed by atoms with van der Waals surface area (Å²) in [6, 6.07) is 17.7. The zero-order valence-corrected chi connectivity index (χ0v) is 14.1. The Morgan fingerprint density at radius 1 is 1.14 bits per heavy atom. The van der Waals surface area contributed by atoms with E-state index in [4.69, 9.17) is 0 Å². The van der Waals surface area contributed by atoms with Gasteiger partial charge in [-0.2, -0.15) is 0 Å². The highest BCUT2D eigenvalue weighted by Gasteiger charge is 2.26. The van der Waals surface area contributed by atoms with Crippen LogP contribution in [0.1, 0.15) is 29.0 Å². The van der Waals surface area contributed by atoms with E-state index in [0.717, 1.165) is 19.5 Å². The molecular formula is C19H22BrN. The first-order valence-electron chi connectivity index (χ1n) is 7.75. The maximum absolute atomic E-state index is 3.61. The van der Waals surface area contributed by atoms with Crippen molar-refractivity contribution in [2.24, 2.45) is 5.92 Å². The van der Waals surface area contributed by atoms with Gasteiger partial charge in [0, 0.05) is 4.47 Å². The second-order valence-corrected chi connectivity index (χ2v) is 6.91. The van der Waals surface area contributed by atoms with Crippen molar-refractivity contribution in [2.75, 3.05) is 13.1 Å². The van der Waals surface area contributed by atoms with Crippen LogP contribution in [0.2, 0.25) is 0 Å². The molecule has 0 spiro atoms. The highest BCUT2D eigenvalue weighted by Crippen LogP contribution is 2.34. The Morgan fingerprint density at radius 3 is 2.71 bits per heavy atom. The Bertz CT molecular complexity index is 594. The van der Waals surface area contributed by atoms with Gasteiger partial charge in [-0.25, -0.2) is 0 Å². The van der Waals surface area contributed by atoms with Crippen LogP contribution in [0.15, 0.2) is 53.0 Å². The highest BCUT2D eigenvalue weighted by atomic mass is 79.9. The van der Waals surface area contributed by atoms with E-state index in [2.05, 4.69) is 76.7 Å². The van der Waals surface area contributed by atoms with Gasteiger partial charge >= 0.3 is 0 Å². The smallest absolute Gasteiger partial charge is 0.0204 e. The number of piperidine rings is 1. The fourth-order valence-electron chi connectivity index (χ4n) is 3.39. The summed E-state index contributed by atoms with van der Waals surface area (Å²) >= 11 is 3.61. The maximum Gasteiger partial charge on any atom is 0.0204 e. The number of hydrogen-bond acceptors (Lipinski definition) is 1. The van der Waals surface area contributed by atoms with Gasteiger partial charge in [0.25, 0.3) is 0 Å². The van der Waals surface area contributed by atoms with Gasteiger partial charge in [0.2, 0.25) is 0 Å². The van der Waals surface area contributed by atoms with Crippen molar-refractivity contribution in [1.82, 2.24) is 5.32 Å². The lowest BCUT2D eigenvalue weighted by atomic mass is 9.78. The van der Waals surface area contributed by atoms with Gasteiger partial charge in [-0.05, 0) is 67.4 Å². The normalized spacial score (nSPS) is 22.2. The SMILES string of the molecule is Cc1cc(C2CCNCC2Cc2ccccc2)ccc1Br. The molecule has 110 valence electrons. The van der Waals surface area contributed by atoms with E-state index in [1.54, 1.807) is 0 Å². The predicted octanol–water partition coefficient (Wildman–Crippen LogP) is 4.69. The minimum Gasteiger partial charge on any atom is -0.316 e. The molecule has 2 heteroatoms. The van der Waals surface area contributed by atoms with Gasteiger partial charge in [0.05, 0.1) is 0 Å². The summed E-state index contributed by atoms with van der Waals surface area (Å²) in [6.07, 6.45) is 2.40. The van der Waals surface area contributed by atoms with Crippen LogP contribution in [0.25, 0.3) is 0 Å². The summed E-state index contributed by atoms with van der Waals surface area (Å²) in [6.45, 7) is 4.43.